The number of allylic oxidation sites excluding steroid dienone is 1. The first-order valence-electron chi connectivity index (χ1n) is 10.6. The van der Waals surface area contributed by atoms with Crippen LogP contribution in [0.1, 0.15) is 28.4 Å². The molecule has 3 aromatic carbocycles. The average molecular weight is 446 g/mol. The Morgan fingerprint density at radius 2 is 1.67 bits per heavy atom. The van der Waals surface area contributed by atoms with Crippen molar-refractivity contribution in [2.45, 2.75) is 13.8 Å². The molecule has 0 aliphatic rings. The predicted molar refractivity (Wildman–Crippen MR) is 129 cm³/mol. The molecule has 6 nitrogen and oxygen atoms in total. The Morgan fingerprint density at radius 1 is 0.909 bits per heavy atom. The largest absolute Gasteiger partial charge is 0.495 e. The molecule has 0 atom stereocenters. The number of benzene rings is 3. The second kappa shape index (κ2) is 11.5. The zero-order valence-electron chi connectivity index (χ0n) is 19.0. The highest BCUT2D eigenvalue weighted by Gasteiger charge is 2.11. The van der Waals surface area contributed by atoms with E-state index in [0.29, 0.717) is 35.1 Å². The topological polar surface area (TPSA) is 73.9 Å². The third kappa shape index (κ3) is 6.71. The van der Waals surface area contributed by atoms with Crippen LogP contribution in [-0.4, -0.2) is 32.0 Å². The summed E-state index contributed by atoms with van der Waals surface area (Å²) >= 11 is 0. The molecule has 0 aromatic heterocycles. The van der Waals surface area contributed by atoms with Gasteiger partial charge in [0.25, 0.3) is 5.91 Å². The van der Waals surface area contributed by atoms with E-state index in [4.69, 9.17) is 14.2 Å². The molecule has 6 heteroatoms. The van der Waals surface area contributed by atoms with Crippen LogP contribution in [0.15, 0.2) is 72.8 Å². The van der Waals surface area contributed by atoms with Gasteiger partial charge in [-0.2, -0.15) is 0 Å². The number of carbonyl (C=O) groups excluding carboxylic acids is 2. The Labute approximate surface area is 193 Å². The second-order valence-electron chi connectivity index (χ2n) is 7.24. The molecule has 3 aromatic rings. The van der Waals surface area contributed by atoms with Gasteiger partial charge in [-0.15, -0.1) is 0 Å². The standard InChI is InChI=1S/C27H27NO5/c1-4-32-26-17-20(11-15-23(29)21-13-9-19(2)10-14-21)12-16-25(26)33-18-27(30)28-22-7-5-6-8-24(22)31-3/h5-17H,4,18H2,1-3H3,(H,28,30)/b15-11+. The van der Waals surface area contributed by atoms with Crippen molar-refractivity contribution < 1.29 is 23.8 Å². The van der Waals surface area contributed by atoms with Gasteiger partial charge in [0.15, 0.2) is 23.9 Å². The molecular formula is C27H27NO5. The fourth-order valence-electron chi connectivity index (χ4n) is 3.08. The molecule has 0 saturated heterocycles. The highest BCUT2D eigenvalue weighted by molar-refractivity contribution is 6.06. The molecule has 33 heavy (non-hydrogen) atoms. The third-order valence-corrected chi connectivity index (χ3v) is 4.77. The number of para-hydroxylation sites is 2. The van der Waals surface area contributed by atoms with Gasteiger partial charge in [0.2, 0.25) is 0 Å². The summed E-state index contributed by atoms with van der Waals surface area (Å²) in [5.41, 5.74) is 3.08. The SMILES string of the molecule is CCOc1cc(/C=C/C(=O)c2ccc(C)cc2)ccc1OCC(=O)Nc1ccccc1OC. The Kier molecular flexibility index (Phi) is 8.24. The molecular weight excluding hydrogens is 418 g/mol. The fraction of sp³-hybridized carbons (Fsp3) is 0.185. The number of hydrogen-bond donors (Lipinski definition) is 1. The van der Waals surface area contributed by atoms with Crippen LogP contribution in [0, 0.1) is 6.92 Å². The highest BCUT2D eigenvalue weighted by atomic mass is 16.5. The van der Waals surface area contributed by atoms with Gasteiger partial charge in [0, 0.05) is 5.56 Å². The number of aryl methyl sites for hydroxylation is 1. The van der Waals surface area contributed by atoms with Crippen LogP contribution in [0.5, 0.6) is 17.2 Å². The summed E-state index contributed by atoms with van der Waals surface area (Å²) in [5, 5.41) is 2.77. The summed E-state index contributed by atoms with van der Waals surface area (Å²) in [6.45, 7) is 4.07. The number of anilines is 1. The lowest BCUT2D eigenvalue weighted by Gasteiger charge is -2.13. The fourth-order valence-corrected chi connectivity index (χ4v) is 3.08. The lowest BCUT2D eigenvalue weighted by Crippen LogP contribution is -2.20. The predicted octanol–water partition coefficient (Wildman–Crippen LogP) is 5.32. The molecule has 0 heterocycles. The van der Waals surface area contributed by atoms with Gasteiger partial charge in [-0.25, -0.2) is 0 Å². The van der Waals surface area contributed by atoms with E-state index >= 15 is 0 Å². The van der Waals surface area contributed by atoms with Crippen molar-refractivity contribution in [3.05, 3.63) is 89.5 Å². The highest BCUT2D eigenvalue weighted by Crippen LogP contribution is 2.29. The number of nitrogens with one attached hydrogen (secondary N) is 1. The van der Waals surface area contributed by atoms with Gasteiger partial charge >= 0.3 is 0 Å². The molecule has 0 spiro atoms. The zero-order valence-corrected chi connectivity index (χ0v) is 19.0. The molecule has 0 aliphatic carbocycles. The number of ether oxygens (including phenoxy) is 3. The summed E-state index contributed by atoms with van der Waals surface area (Å²) < 4.78 is 16.6. The smallest absolute Gasteiger partial charge is 0.262 e. The van der Waals surface area contributed by atoms with Crippen LogP contribution in [0.4, 0.5) is 5.69 Å². The van der Waals surface area contributed by atoms with Crippen LogP contribution in [-0.2, 0) is 4.79 Å². The normalized spacial score (nSPS) is 10.6. The summed E-state index contributed by atoms with van der Waals surface area (Å²) in [5.74, 6) is 1.09. The number of ketones is 1. The summed E-state index contributed by atoms with van der Waals surface area (Å²) in [7, 11) is 1.54. The molecule has 170 valence electrons. The maximum absolute atomic E-state index is 12.4. The van der Waals surface area contributed by atoms with Crippen molar-refractivity contribution in [3.8, 4) is 17.2 Å². The number of rotatable bonds is 10. The summed E-state index contributed by atoms with van der Waals surface area (Å²) in [4.78, 5) is 24.7. The first-order valence-corrected chi connectivity index (χ1v) is 10.6. The van der Waals surface area contributed by atoms with Gasteiger partial charge < -0.3 is 19.5 Å². The van der Waals surface area contributed by atoms with E-state index < -0.39 is 0 Å². The minimum absolute atomic E-state index is 0.0821. The Balaban J connectivity index is 1.66. The van der Waals surface area contributed by atoms with Crippen LogP contribution in [0.25, 0.3) is 6.08 Å². The minimum atomic E-state index is -0.324. The van der Waals surface area contributed by atoms with Crippen LogP contribution >= 0.6 is 0 Å². The third-order valence-electron chi connectivity index (χ3n) is 4.77. The Morgan fingerprint density at radius 3 is 2.39 bits per heavy atom. The Hall–Kier alpha value is -4.06. The van der Waals surface area contributed by atoms with Crippen LogP contribution < -0.4 is 19.5 Å². The van der Waals surface area contributed by atoms with Crippen molar-refractivity contribution in [1.82, 2.24) is 0 Å². The molecule has 1 N–H and O–H groups in total. The molecule has 0 fully saturated rings. The number of methoxy groups -OCH3 is 1. The van der Waals surface area contributed by atoms with Crippen molar-refractivity contribution in [3.63, 3.8) is 0 Å². The summed E-state index contributed by atoms with van der Waals surface area (Å²) in [6.07, 6.45) is 3.25. The molecule has 0 saturated carbocycles. The number of hydrogen-bond acceptors (Lipinski definition) is 5. The lowest BCUT2D eigenvalue weighted by molar-refractivity contribution is -0.118. The van der Waals surface area contributed by atoms with Gasteiger partial charge in [-0.1, -0.05) is 54.1 Å². The van der Waals surface area contributed by atoms with Crippen LogP contribution in [0.3, 0.4) is 0 Å². The molecule has 0 unspecified atom stereocenters. The first-order chi connectivity index (χ1) is 16.0. The van der Waals surface area contributed by atoms with E-state index in [9.17, 15) is 9.59 Å². The van der Waals surface area contributed by atoms with Gasteiger partial charge in [0.1, 0.15) is 5.75 Å². The molecule has 3 rings (SSSR count). The second-order valence-corrected chi connectivity index (χ2v) is 7.24. The number of carbonyl (C=O) groups is 2. The van der Waals surface area contributed by atoms with Crippen molar-refractivity contribution in [1.29, 1.82) is 0 Å². The molecule has 1 amide bonds. The van der Waals surface area contributed by atoms with Crippen molar-refractivity contribution in [2.75, 3.05) is 25.6 Å². The zero-order chi connectivity index (χ0) is 23.6. The summed E-state index contributed by atoms with van der Waals surface area (Å²) in [6, 6.07) is 19.9. The van der Waals surface area contributed by atoms with Gasteiger partial charge in [-0.3, -0.25) is 9.59 Å². The molecule has 0 aliphatic heterocycles. The number of amides is 1. The van der Waals surface area contributed by atoms with E-state index in [-0.39, 0.29) is 18.3 Å². The minimum Gasteiger partial charge on any atom is -0.495 e. The monoisotopic (exact) mass is 445 g/mol. The quantitative estimate of drug-likeness (QED) is 0.338. The maximum Gasteiger partial charge on any atom is 0.262 e. The van der Waals surface area contributed by atoms with Crippen LogP contribution in [0.2, 0.25) is 0 Å². The van der Waals surface area contributed by atoms with E-state index in [0.717, 1.165) is 11.1 Å². The lowest BCUT2D eigenvalue weighted by atomic mass is 10.1. The van der Waals surface area contributed by atoms with Crippen molar-refractivity contribution in [2.24, 2.45) is 0 Å². The van der Waals surface area contributed by atoms with Crippen molar-refractivity contribution >= 4 is 23.5 Å². The average Bonchev–Trinajstić information content (AvgIpc) is 2.83. The first kappa shape index (κ1) is 23.6. The maximum atomic E-state index is 12.4. The van der Waals surface area contributed by atoms with Gasteiger partial charge in [0.05, 0.1) is 19.4 Å². The molecule has 0 radical (unpaired) electrons. The van der Waals surface area contributed by atoms with E-state index in [1.165, 1.54) is 6.08 Å². The van der Waals surface area contributed by atoms with E-state index in [2.05, 4.69) is 5.32 Å². The Bertz CT molecular complexity index is 1140. The van der Waals surface area contributed by atoms with E-state index in [1.54, 1.807) is 55.7 Å². The van der Waals surface area contributed by atoms with Gasteiger partial charge in [-0.05, 0) is 49.8 Å². The van der Waals surface area contributed by atoms with E-state index in [1.807, 2.05) is 38.1 Å². The molecule has 0 bridgehead atoms.